The Hall–Kier alpha value is -1.39. The van der Waals surface area contributed by atoms with Crippen molar-refractivity contribution in [2.24, 2.45) is 0 Å². The van der Waals surface area contributed by atoms with Gasteiger partial charge in [-0.05, 0) is 5.56 Å². The van der Waals surface area contributed by atoms with Crippen LogP contribution in [0, 0.1) is 0 Å². The maximum absolute atomic E-state index is 10.8. The number of rotatable bonds is 2. The zero-order valence-electron chi connectivity index (χ0n) is 6.81. The minimum Gasteiger partial charge on any atom is -0.344 e. The van der Waals surface area contributed by atoms with E-state index in [2.05, 4.69) is 10.2 Å². The van der Waals surface area contributed by atoms with Gasteiger partial charge in [-0.2, -0.15) is 0 Å². The molecule has 1 aromatic carbocycles. The van der Waals surface area contributed by atoms with E-state index in [9.17, 15) is 4.79 Å². The average Bonchev–Trinajstić information content (AvgIpc) is 2.16. The minimum atomic E-state index is -0.762. The molecule has 68 valence electrons. The molecular formula is C9H9NO3. The summed E-state index contributed by atoms with van der Waals surface area (Å²) in [7, 11) is 0. The second-order valence-electron chi connectivity index (χ2n) is 2.92. The monoisotopic (exact) mass is 179 g/mol. The van der Waals surface area contributed by atoms with Crippen molar-refractivity contribution in [1.29, 1.82) is 0 Å². The Morgan fingerprint density at radius 2 is 2.00 bits per heavy atom. The predicted octanol–water partition coefficient (Wildman–Crippen LogP) is 0.716. The fourth-order valence-electron chi connectivity index (χ4n) is 1.39. The van der Waals surface area contributed by atoms with Gasteiger partial charge < -0.3 is 5.32 Å². The van der Waals surface area contributed by atoms with E-state index in [1.807, 2.05) is 30.3 Å². The van der Waals surface area contributed by atoms with E-state index in [0.717, 1.165) is 5.56 Å². The van der Waals surface area contributed by atoms with E-state index in [-0.39, 0.29) is 11.9 Å². The summed E-state index contributed by atoms with van der Waals surface area (Å²) in [5.74, 6) is -0.281. The van der Waals surface area contributed by atoms with Gasteiger partial charge in [-0.1, -0.05) is 30.3 Å². The molecule has 0 aromatic heterocycles. The molecule has 0 spiro atoms. The summed E-state index contributed by atoms with van der Waals surface area (Å²) in [6.07, 6.45) is -0.762. The number of nitrogens with one attached hydrogen (secondary N) is 1. The lowest BCUT2D eigenvalue weighted by Gasteiger charge is -2.34. The molecule has 1 heterocycles. The molecule has 2 atom stereocenters. The van der Waals surface area contributed by atoms with Gasteiger partial charge in [0.25, 0.3) is 5.91 Å². The van der Waals surface area contributed by atoms with Crippen LogP contribution in [0.1, 0.15) is 11.6 Å². The molecule has 1 saturated heterocycles. The van der Waals surface area contributed by atoms with Crippen LogP contribution in [0.3, 0.4) is 0 Å². The van der Waals surface area contributed by atoms with Crippen molar-refractivity contribution in [2.75, 3.05) is 0 Å². The first kappa shape index (κ1) is 8.22. The van der Waals surface area contributed by atoms with Crippen molar-refractivity contribution in [3.63, 3.8) is 0 Å². The molecule has 2 N–H and O–H groups in total. The molecule has 1 aromatic rings. The average molecular weight is 179 g/mol. The zero-order chi connectivity index (χ0) is 9.26. The molecule has 4 heteroatoms. The van der Waals surface area contributed by atoms with Gasteiger partial charge in [-0.3, -0.25) is 10.1 Å². The first-order chi connectivity index (χ1) is 6.33. The summed E-state index contributed by atoms with van der Waals surface area (Å²) in [6.45, 7) is 0. The third kappa shape index (κ3) is 1.30. The highest BCUT2D eigenvalue weighted by Gasteiger charge is 2.41. The van der Waals surface area contributed by atoms with Crippen molar-refractivity contribution in [3.05, 3.63) is 35.9 Å². The van der Waals surface area contributed by atoms with E-state index in [0.29, 0.717) is 0 Å². The third-order valence-corrected chi connectivity index (χ3v) is 2.13. The normalized spacial score (nSPS) is 26.4. The maximum atomic E-state index is 10.8. The maximum Gasteiger partial charge on any atom is 0.255 e. The van der Waals surface area contributed by atoms with Crippen LogP contribution in [0.4, 0.5) is 0 Å². The number of benzene rings is 1. The van der Waals surface area contributed by atoms with Gasteiger partial charge >= 0.3 is 0 Å². The number of hydrogen-bond donors (Lipinski definition) is 2. The molecule has 1 aliphatic rings. The number of carbonyl (C=O) groups is 1. The summed E-state index contributed by atoms with van der Waals surface area (Å²) in [4.78, 5) is 14.9. The predicted molar refractivity (Wildman–Crippen MR) is 44.8 cm³/mol. The van der Waals surface area contributed by atoms with Crippen LogP contribution in [-0.4, -0.2) is 17.3 Å². The van der Waals surface area contributed by atoms with Crippen LogP contribution in [0.5, 0.6) is 0 Å². The van der Waals surface area contributed by atoms with Crippen molar-refractivity contribution >= 4 is 5.91 Å². The Labute approximate surface area is 75.1 Å². The molecule has 13 heavy (non-hydrogen) atoms. The highest BCUT2D eigenvalue weighted by atomic mass is 17.1. The Bertz CT molecular complexity index is 312. The first-order valence-electron chi connectivity index (χ1n) is 3.98. The van der Waals surface area contributed by atoms with Crippen LogP contribution in [-0.2, 0) is 9.68 Å². The summed E-state index contributed by atoms with van der Waals surface area (Å²) in [5.41, 5.74) is 0.932. The van der Waals surface area contributed by atoms with Crippen LogP contribution in [0.15, 0.2) is 30.3 Å². The number of hydrogen-bond acceptors (Lipinski definition) is 3. The summed E-state index contributed by atoms with van der Waals surface area (Å²) in [5, 5.41) is 11.1. The third-order valence-electron chi connectivity index (χ3n) is 2.13. The van der Waals surface area contributed by atoms with Crippen LogP contribution < -0.4 is 5.32 Å². The largest absolute Gasteiger partial charge is 0.344 e. The highest BCUT2D eigenvalue weighted by molar-refractivity contribution is 5.88. The Morgan fingerprint density at radius 3 is 2.54 bits per heavy atom. The summed E-state index contributed by atoms with van der Waals surface area (Å²) in [6, 6.07) is 9.15. The van der Waals surface area contributed by atoms with E-state index < -0.39 is 6.10 Å². The number of amides is 1. The van der Waals surface area contributed by atoms with Gasteiger partial charge in [-0.25, -0.2) is 4.89 Å². The second-order valence-corrected chi connectivity index (χ2v) is 2.92. The quantitative estimate of drug-likeness (QED) is 0.399. The topological polar surface area (TPSA) is 58.6 Å². The van der Waals surface area contributed by atoms with Gasteiger partial charge in [-0.15, -0.1) is 0 Å². The number of carbonyl (C=O) groups excluding carboxylic acids is 1. The van der Waals surface area contributed by atoms with Crippen molar-refractivity contribution in [3.8, 4) is 0 Å². The minimum absolute atomic E-state index is 0.223. The molecule has 2 unspecified atom stereocenters. The van der Waals surface area contributed by atoms with Crippen molar-refractivity contribution < 1.29 is 14.9 Å². The summed E-state index contributed by atoms with van der Waals surface area (Å²) < 4.78 is 0. The van der Waals surface area contributed by atoms with Crippen LogP contribution in [0.25, 0.3) is 0 Å². The Balaban J connectivity index is 2.16. The van der Waals surface area contributed by atoms with Crippen LogP contribution in [0.2, 0.25) is 0 Å². The van der Waals surface area contributed by atoms with E-state index in [4.69, 9.17) is 5.26 Å². The molecule has 1 fully saturated rings. The van der Waals surface area contributed by atoms with E-state index in [1.54, 1.807) is 0 Å². The van der Waals surface area contributed by atoms with Gasteiger partial charge in [0.2, 0.25) is 0 Å². The lowest BCUT2D eigenvalue weighted by Crippen LogP contribution is -2.56. The fourth-order valence-corrected chi connectivity index (χ4v) is 1.39. The van der Waals surface area contributed by atoms with Gasteiger partial charge in [0.1, 0.15) is 0 Å². The van der Waals surface area contributed by atoms with E-state index in [1.165, 1.54) is 0 Å². The lowest BCUT2D eigenvalue weighted by molar-refractivity contribution is -0.288. The van der Waals surface area contributed by atoms with Gasteiger partial charge in [0, 0.05) is 0 Å². The highest BCUT2D eigenvalue weighted by Crippen LogP contribution is 2.25. The van der Waals surface area contributed by atoms with Crippen LogP contribution >= 0.6 is 0 Å². The Kier molecular flexibility index (Phi) is 2.00. The zero-order valence-corrected chi connectivity index (χ0v) is 6.81. The van der Waals surface area contributed by atoms with Gasteiger partial charge in [0.15, 0.2) is 6.10 Å². The van der Waals surface area contributed by atoms with Crippen molar-refractivity contribution in [1.82, 2.24) is 5.32 Å². The molecule has 0 radical (unpaired) electrons. The smallest absolute Gasteiger partial charge is 0.255 e. The van der Waals surface area contributed by atoms with Gasteiger partial charge in [0.05, 0.1) is 6.04 Å². The standard InChI is InChI=1S/C9H9NO3/c11-9-8(13-12)7(10-9)6-4-2-1-3-5-6/h1-5,7-8,12H,(H,10,11). The van der Waals surface area contributed by atoms with Crippen molar-refractivity contribution in [2.45, 2.75) is 12.1 Å². The lowest BCUT2D eigenvalue weighted by atomic mass is 9.94. The molecule has 2 rings (SSSR count). The molecule has 1 amide bonds. The summed E-state index contributed by atoms with van der Waals surface area (Å²) >= 11 is 0. The SMILES string of the molecule is O=C1NC(c2ccccc2)C1OO. The second kappa shape index (κ2) is 3.16. The first-order valence-corrected chi connectivity index (χ1v) is 3.98. The molecular weight excluding hydrogens is 170 g/mol. The molecule has 0 aliphatic carbocycles. The van der Waals surface area contributed by atoms with E-state index >= 15 is 0 Å². The molecule has 1 aliphatic heterocycles. The molecule has 4 nitrogen and oxygen atoms in total. The Morgan fingerprint density at radius 1 is 1.31 bits per heavy atom. The number of β-lactam (4-membered cyclic amide) rings is 1. The molecule has 0 saturated carbocycles. The molecule has 0 bridgehead atoms. The fraction of sp³-hybridized carbons (Fsp3) is 0.222.